The van der Waals surface area contributed by atoms with Gasteiger partial charge in [0, 0.05) is 19.5 Å². The van der Waals surface area contributed by atoms with Crippen LogP contribution >= 0.6 is 0 Å². The second kappa shape index (κ2) is 3.67. The first-order valence-corrected chi connectivity index (χ1v) is 4.49. The van der Waals surface area contributed by atoms with Crippen molar-refractivity contribution in [2.75, 3.05) is 13.2 Å². The molecule has 0 bridgehead atoms. The predicted molar refractivity (Wildman–Crippen MR) is 53.3 cm³/mol. The maximum atomic E-state index is 5.37. The van der Waals surface area contributed by atoms with Crippen LogP contribution in [0.1, 0.15) is 5.89 Å². The molecule has 1 heterocycles. The normalized spacial score (nSPS) is 10.7. The van der Waals surface area contributed by atoms with Gasteiger partial charge in [-0.1, -0.05) is 0 Å². The molecule has 0 aliphatic heterocycles. The lowest BCUT2D eigenvalue weighted by atomic mass is 10.3. The molecule has 2 rings (SSSR count). The molecule has 4 nitrogen and oxygen atoms in total. The van der Waals surface area contributed by atoms with Crippen LogP contribution in [0.5, 0.6) is 5.75 Å². The van der Waals surface area contributed by atoms with E-state index in [2.05, 4.69) is 4.98 Å². The lowest BCUT2D eigenvalue weighted by Crippen LogP contribution is -2.10. The fourth-order valence-electron chi connectivity index (χ4n) is 1.29. The quantitative estimate of drug-likeness (QED) is 0.800. The third kappa shape index (κ3) is 1.70. The number of nitrogens with zero attached hydrogens (tertiary/aromatic N) is 1. The molecule has 14 heavy (non-hydrogen) atoms. The van der Waals surface area contributed by atoms with E-state index in [-0.39, 0.29) is 0 Å². The molecule has 0 aliphatic carbocycles. The van der Waals surface area contributed by atoms with Crippen LogP contribution in [0.15, 0.2) is 22.6 Å². The predicted octanol–water partition coefficient (Wildman–Crippen LogP) is 1.47. The number of hydrogen-bond donors (Lipinski definition) is 1. The first-order chi connectivity index (χ1) is 6.79. The minimum Gasteiger partial charge on any atom is -0.492 e. The Morgan fingerprint density at radius 3 is 3.14 bits per heavy atom. The Labute approximate surface area is 81.7 Å². The van der Waals surface area contributed by atoms with E-state index in [1.165, 1.54) is 0 Å². The van der Waals surface area contributed by atoms with Crippen LogP contribution in [0.2, 0.25) is 0 Å². The summed E-state index contributed by atoms with van der Waals surface area (Å²) in [4.78, 5) is 4.19. The monoisotopic (exact) mass is 192 g/mol. The number of fused-ring (bicyclic) bond motifs is 1. The highest BCUT2D eigenvalue weighted by Gasteiger charge is 2.03. The second-order valence-corrected chi connectivity index (χ2v) is 3.00. The van der Waals surface area contributed by atoms with Gasteiger partial charge in [-0.25, -0.2) is 4.98 Å². The smallest absolute Gasteiger partial charge is 0.192 e. The Bertz CT molecular complexity index is 437. The zero-order chi connectivity index (χ0) is 9.97. The third-order valence-corrected chi connectivity index (χ3v) is 1.85. The Morgan fingerprint density at radius 1 is 1.50 bits per heavy atom. The fourth-order valence-corrected chi connectivity index (χ4v) is 1.29. The van der Waals surface area contributed by atoms with Gasteiger partial charge in [0.25, 0.3) is 0 Å². The van der Waals surface area contributed by atoms with E-state index in [0.29, 0.717) is 19.0 Å². The molecular formula is C10H12N2O2. The van der Waals surface area contributed by atoms with Crippen molar-refractivity contribution in [2.45, 2.75) is 6.92 Å². The number of aryl methyl sites for hydroxylation is 1. The third-order valence-electron chi connectivity index (χ3n) is 1.85. The lowest BCUT2D eigenvalue weighted by molar-refractivity contribution is 0.328. The van der Waals surface area contributed by atoms with E-state index in [0.717, 1.165) is 16.8 Å². The maximum Gasteiger partial charge on any atom is 0.192 e. The van der Waals surface area contributed by atoms with Gasteiger partial charge in [-0.15, -0.1) is 0 Å². The average molecular weight is 192 g/mol. The highest BCUT2D eigenvalue weighted by molar-refractivity contribution is 5.74. The molecular weight excluding hydrogens is 180 g/mol. The summed E-state index contributed by atoms with van der Waals surface area (Å²) < 4.78 is 10.7. The number of aromatic nitrogens is 1. The number of ether oxygens (including phenoxy) is 1. The zero-order valence-electron chi connectivity index (χ0n) is 7.99. The van der Waals surface area contributed by atoms with E-state index >= 15 is 0 Å². The van der Waals surface area contributed by atoms with Gasteiger partial charge in [0.05, 0.1) is 0 Å². The van der Waals surface area contributed by atoms with E-state index in [1.807, 2.05) is 25.1 Å². The number of nitrogens with two attached hydrogens (primary N) is 1. The SMILES string of the molecule is Cc1nc2ccc(OCCN)cc2o1. The van der Waals surface area contributed by atoms with Crippen molar-refractivity contribution < 1.29 is 9.15 Å². The van der Waals surface area contributed by atoms with Gasteiger partial charge in [-0.2, -0.15) is 0 Å². The number of oxazole rings is 1. The largest absolute Gasteiger partial charge is 0.492 e. The summed E-state index contributed by atoms with van der Waals surface area (Å²) in [5.41, 5.74) is 6.93. The molecule has 1 aromatic carbocycles. The molecule has 0 atom stereocenters. The van der Waals surface area contributed by atoms with Crippen molar-refractivity contribution in [3.63, 3.8) is 0 Å². The standard InChI is InChI=1S/C10H12N2O2/c1-7-12-9-3-2-8(13-5-4-11)6-10(9)14-7/h2-3,6H,4-5,11H2,1H3. The van der Waals surface area contributed by atoms with Crippen LogP contribution in [0, 0.1) is 6.92 Å². The molecule has 0 saturated heterocycles. The van der Waals surface area contributed by atoms with Gasteiger partial charge in [0.2, 0.25) is 0 Å². The summed E-state index contributed by atoms with van der Waals surface area (Å²) in [6.07, 6.45) is 0. The van der Waals surface area contributed by atoms with E-state index in [9.17, 15) is 0 Å². The van der Waals surface area contributed by atoms with Gasteiger partial charge in [0.1, 0.15) is 17.9 Å². The summed E-state index contributed by atoms with van der Waals surface area (Å²) in [5.74, 6) is 1.43. The maximum absolute atomic E-state index is 5.37. The zero-order valence-corrected chi connectivity index (χ0v) is 7.99. The molecule has 0 unspecified atom stereocenters. The molecule has 0 spiro atoms. The minimum absolute atomic E-state index is 0.507. The Morgan fingerprint density at radius 2 is 2.36 bits per heavy atom. The summed E-state index contributed by atoms with van der Waals surface area (Å²) >= 11 is 0. The fraction of sp³-hybridized carbons (Fsp3) is 0.300. The summed E-state index contributed by atoms with van der Waals surface area (Å²) in [7, 11) is 0. The highest BCUT2D eigenvalue weighted by atomic mass is 16.5. The molecule has 0 aliphatic rings. The summed E-state index contributed by atoms with van der Waals surface area (Å²) in [5, 5.41) is 0. The van der Waals surface area contributed by atoms with Crippen LogP contribution in [0.3, 0.4) is 0 Å². The molecule has 1 aromatic heterocycles. The summed E-state index contributed by atoms with van der Waals surface area (Å²) in [6, 6.07) is 5.56. The van der Waals surface area contributed by atoms with Crippen molar-refractivity contribution in [1.82, 2.24) is 4.98 Å². The lowest BCUT2D eigenvalue weighted by Gasteiger charge is -2.02. The molecule has 2 aromatic rings. The van der Waals surface area contributed by atoms with Gasteiger partial charge >= 0.3 is 0 Å². The molecule has 0 radical (unpaired) electrons. The first kappa shape index (κ1) is 9.02. The second-order valence-electron chi connectivity index (χ2n) is 3.00. The van der Waals surface area contributed by atoms with Gasteiger partial charge in [-0.05, 0) is 12.1 Å². The van der Waals surface area contributed by atoms with Crippen molar-refractivity contribution in [3.05, 3.63) is 24.1 Å². The summed E-state index contributed by atoms with van der Waals surface area (Å²) in [6.45, 7) is 2.84. The molecule has 0 amide bonds. The Balaban J connectivity index is 2.31. The van der Waals surface area contributed by atoms with Gasteiger partial charge < -0.3 is 14.9 Å². The molecule has 4 heteroatoms. The van der Waals surface area contributed by atoms with Crippen molar-refractivity contribution >= 4 is 11.1 Å². The highest BCUT2D eigenvalue weighted by Crippen LogP contribution is 2.21. The number of hydrogen-bond acceptors (Lipinski definition) is 4. The van der Waals surface area contributed by atoms with E-state index < -0.39 is 0 Å². The van der Waals surface area contributed by atoms with Crippen LogP contribution in [-0.4, -0.2) is 18.1 Å². The van der Waals surface area contributed by atoms with E-state index in [4.69, 9.17) is 14.9 Å². The van der Waals surface area contributed by atoms with Gasteiger partial charge in [-0.3, -0.25) is 0 Å². The van der Waals surface area contributed by atoms with Crippen LogP contribution < -0.4 is 10.5 Å². The van der Waals surface area contributed by atoms with Crippen molar-refractivity contribution in [1.29, 1.82) is 0 Å². The Kier molecular flexibility index (Phi) is 2.37. The topological polar surface area (TPSA) is 61.3 Å². The van der Waals surface area contributed by atoms with Crippen LogP contribution in [-0.2, 0) is 0 Å². The Hall–Kier alpha value is -1.55. The first-order valence-electron chi connectivity index (χ1n) is 4.49. The number of rotatable bonds is 3. The number of benzene rings is 1. The van der Waals surface area contributed by atoms with Crippen molar-refractivity contribution in [3.8, 4) is 5.75 Å². The minimum atomic E-state index is 0.507. The van der Waals surface area contributed by atoms with Crippen molar-refractivity contribution in [2.24, 2.45) is 5.73 Å². The van der Waals surface area contributed by atoms with E-state index in [1.54, 1.807) is 0 Å². The van der Waals surface area contributed by atoms with Gasteiger partial charge in [0.15, 0.2) is 11.5 Å². The van der Waals surface area contributed by atoms with Crippen LogP contribution in [0.4, 0.5) is 0 Å². The van der Waals surface area contributed by atoms with Crippen LogP contribution in [0.25, 0.3) is 11.1 Å². The molecule has 2 N–H and O–H groups in total. The molecule has 74 valence electrons. The molecule has 0 saturated carbocycles. The molecule has 0 fully saturated rings. The average Bonchev–Trinajstić information content (AvgIpc) is 2.54.